The molecule has 0 saturated carbocycles. The largest absolute Gasteiger partial charge is 0.0953 e. The summed E-state index contributed by atoms with van der Waals surface area (Å²) in [6.45, 7) is 21.8. The van der Waals surface area contributed by atoms with Crippen molar-refractivity contribution in [1.82, 2.24) is 0 Å². The van der Waals surface area contributed by atoms with Crippen molar-refractivity contribution in [1.29, 1.82) is 0 Å². The van der Waals surface area contributed by atoms with Crippen molar-refractivity contribution in [2.24, 2.45) is 10.8 Å². The lowest BCUT2D eigenvalue weighted by atomic mass is 9.84. The summed E-state index contributed by atoms with van der Waals surface area (Å²) >= 11 is 0. The van der Waals surface area contributed by atoms with Crippen molar-refractivity contribution >= 4 is 0 Å². The van der Waals surface area contributed by atoms with Crippen LogP contribution < -0.4 is 0 Å². The van der Waals surface area contributed by atoms with E-state index in [4.69, 9.17) is 0 Å². The van der Waals surface area contributed by atoms with E-state index in [1.54, 1.807) is 0 Å². The molecular formula is C16H28. The lowest BCUT2D eigenvalue weighted by Crippen LogP contribution is -2.08. The van der Waals surface area contributed by atoms with Crippen molar-refractivity contribution < 1.29 is 0 Å². The number of hydrogen-bond acceptors (Lipinski definition) is 0. The third kappa shape index (κ3) is 5.34. The predicted octanol–water partition coefficient (Wildman–Crippen LogP) is 5.53. The van der Waals surface area contributed by atoms with Crippen LogP contribution >= 0.6 is 0 Å². The molecule has 0 aliphatic carbocycles. The van der Waals surface area contributed by atoms with Crippen LogP contribution in [0.2, 0.25) is 0 Å². The molecule has 0 radical (unpaired) electrons. The fourth-order valence-electron chi connectivity index (χ4n) is 1.09. The highest BCUT2D eigenvalue weighted by Crippen LogP contribution is 2.28. The third-order valence-corrected chi connectivity index (χ3v) is 2.99. The topological polar surface area (TPSA) is 0 Å². The van der Waals surface area contributed by atoms with Gasteiger partial charge in [0, 0.05) is 0 Å². The highest BCUT2D eigenvalue weighted by atomic mass is 14.2. The quantitative estimate of drug-likeness (QED) is 0.537. The first kappa shape index (κ1) is 15.2. The Labute approximate surface area is 102 Å². The second-order valence-electron chi connectivity index (χ2n) is 6.74. The molecule has 0 unspecified atom stereocenters. The van der Waals surface area contributed by atoms with Crippen LogP contribution in [-0.4, -0.2) is 0 Å². The van der Waals surface area contributed by atoms with Crippen LogP contribution in [-0.2, 0) is 0 Å². The van der Waals surface area contributed by atoms with Crippen LogP contribution in [0.4, 0.5) is 0 Å². The van der Waals surface area contributed by atoms with Crippen molar-refractivity contribution in [2.45, 2.75) is 55.4 Å². The van der Waals surface area contributed by atoms with Gasteiger partial charge in [-0.1, -0.05) is 71.4 Å². The Balaban J connectivity index is 4.91. The maximum absolute atomic E-state index is 4.13. The van der Waals surface area contributed by atoms with Gasteiger partial charge >= 0.3 is 0 Å². The number of hydrogen-bond donors (Lipinski definition) is 0. The molecule has 0 aliphatic heterocycles. The Morgan fingerprint density at radius 2 is 1.25 bits per heavy atom. The SMILES string of the molecule is C=C(/C=C(C)\C=C(/C)C(C)(C)C)C(C)(C)C. The van der Waals surface area contributed by atoms with Crippen molar-refractivity contribution in [3.8, 4) is 0 Å². The van der Waals surface area contributed by atoms with E-state index in [1.807, 2.05) is 0 Å². The number of rotatable bonds is 2. The predicted molar refractivity (Wildman–Crippen MR) is 75.6 cm³/mol. The fraction of sp³-hybridized carbons (Fsp3) is 0.625. The summed E-state index contributed by atoms with van der Waals surface area (Å²) in [5, 5.41) is 0. The molecule has 16 heavy (non-hydrogen) atoms. The van der Waals surface area contributed by atoms with E-state index in [-0.39, 0.29) is 10.8 Å². The van der Waals surface area contributed by atoms with Crippen molar-refractivity contribution in [3.05, 3.63) is 35.5 Å². The summed E-state index contributed by atoms with van der Waals surface area (Å²) in [4.78, 5) is 0. The van der Waals surface area contributed by atoms with Crippen LogP contribution in [0, 0.1) is 10.8 Å². The maximum Gasteiger partial charge on any atom is -0.0138 e. The van der Waals surface area contributed by atoms with Gasteiger partial charge in [-0.2, -0.15) is 0 Å². The average molecular weight is 220 g/mol. The average Bonchev–Trinajstić information content (AvgIpc) is 1.99. The highest BCUT2D eigenvalue weighted by molar-refractivity contribution is 5.32. The van der Waals surface area contributed by atoms with Gasteiger partial charge in [-0.15, -0.1) is 0 Å². The maximum atomic E-state index is 4.13. The molecule has 0 amide bonds. The molecule has 0 nitrogen and oxygen atoms in total. The highest BCUT2D eigenvalue weighted by Gasteiger charge is 2.14. The minimum atomic E-state index is 0.157. The smallest absolute Gasteiger partial charge is 0.0138 e. The van der Waals surface area contributed by atoms with Crippen LogP contribution in [0.1, 0.15) is 55.4 Å². The zero-order chi connectivity index (χ0) is 13.1. The minimum absolute atomic E-state index is 0.157. The first-order valence-corrected chi connectivity index (χ1v) is 6.01. The molecule has 0 spiro atoms. The van der Waals surface area contributed by atoms with E-state index >= 15 is 0 Å². The molecular weight excluding hydrogens is 192 g/mol. The minimum Gasteiger partial charge on any atom is -0.0953 e. The molecule has 0 aromatic carbocycles. The Bertz CT molecular complexity index is 311. The molecule has 92 valence electrons. The van der Waals surface area contributed by atoms with Gasteiger partial charge in [-0.25, -0.2) is 0 Å². The summed E-state index contributed by atoms with van der Waals surface area (Å²) in [5.74, 6) is 0. The monoisotopic (exact) mass is 220 g/mol. The van der Waals surface area contributed by atoms with E-state index in [2.05, 4.69) is 74.1 Å². The van der Waals surface area contributed by atoms with Gasteiger partial charge in [0.15, 0.2) is 0 Å². The molecule has 0 atom stereocenters. The summed E-state index contributed by atoms with van der Waals surface area (Å²) in [6, 6.07) is 0. The molecule has 0 heteroatoms. The molecule has 0 bridgehead atoms. The van der Waals surface area contributed by atoms with Crippen LogP contribution in [0.3, 0.4) is 0 Å². The van der Waals surface area contributed by atoms with Gasteiger partial charge in [0.1, 0.15) is 0 Å². The molecule has 0 saturated heterocycles. The normalized spacial score (nSPS) is 15.2. The molecule has 0 aromatic rings. The Kier molecular flexibility index (Phi) is 4.79. The van der Waals surface area contributed by atoms with E-state index in [0.29, 0.717) is 0 Å². The Hall–Kier alpha value is -0.780. The second kappa shape index (κ2) is 5.03. The van der Waals surface area contributed by atoms with Gasteiger partial charge in [0.05, 0.1) is 0 Å². The molecule has 0 heterocycles. The lowest BCUT2D eigenvalue weighted by molar-refractivity contribution is 0.503. The van der Waals surface area contributed by atoms with E-state index in [1.165, 1.54) is 16.7 Å². The summed E-state index contributed by atoms with van der Waals surface area (Å²) in [7, 11) is 0. The van der Waals surface area contributed by atoms with Crippen LogP contribution in [0.5, 0.6) is 0 Å². The zero-order valence-electron chi connectivity index (χ0n) is 12.4. The van der Waals surface area contributed by atoms with E-state index in [9.17, 15) is 0 Å². The standard InChI is InChI=1S/C16H28/c1-12(10-13(2)15(4,5)6)11-14(3)16(7,8)9/h10-11H,2H2,1,3-9H3/b12-10-,14-11+. The van der Waals surface area contributed by atoms with E-state index < -0.39 is 0 Å². The van der Waals surface area contributed by atoms with E-state index in [0.717, 1.165) is 0 Å². The van der Waals surface area contributed by atoms with Gasteiger partial charge in [0.25, 0.3) is 0 Å². The molecule has 0 fully saturated rings. The molecule has 0 rings (SSSR count). The summed E-state index contributed by atoms with van der Waals surface area (Å²) < 4.78 is 0. The first-order valence-electron chi connectivity index (χ1n) is 6.01. The van der Waals surface area contributed by atoms with Gasteiger partial charge in [-0.05, 0) is 30.3 Å². The number of allylic oxidation sites excluding steroid dienone is 5. The van der Waals surface area contributed by atoms with Crippen LogP contribution in [0.15, 0.2) is 35.5 Å². The molecule has 0 aromatic heterocycles. The fourth-order valence-corrected chi connectivity index (χ4v) is 1.09. The van der Waals surface area contributed by atoms with Gasteiger partial charge < -0.3 is 0 Å². The molecule has 0 N–H and O–H groups in total. The lowest BCUT2D eigenvalue weighted by Gasteiger charge is -2.21. The summed E-state index contributed by atoms with van der Waals surface area (Å²) in [5.41, 5.74) is 4.28. The first-order chi connectivity index (χ1) is 6.94. The van der Waals surface area contributed by atoms with Crippen molar-refractivity contribution in [2.75, 3.05) is 0 Å². The second-order valence-corrected chi connectivity index (χ2v) is 6.74. The van der Waals surface area contributed by atoms with Gasteiger partial charge in [0.2, 0.25) is 0 Å². The zero-order valence-corrected chi connectivity index (χ0v) is 12.4. The Morgan fingerprint density at radius 3 is 1.56 bits per heavy atom. The summed E-state index contributed by atoms with van der Waals surface area (Å²) in [6.07, 6.45) is 4.45. The van der Waals surface area contributed by atoms with Gasteiger partial charge in [-0.3, -0.25) is 0 Å². The molecule has 0 aliphatic rings. The Morgan fingerprint density at radius 1 is 0.812 bits per heavy atom. The van der Waals surface area contributed by atoms with Crippen LogP contribution in [0.25, 0.3) is 0 Å². The third-order valence-electron chi connectivity index (χ3n) is 2.99. The van der Waals surface area contributed by atoms with Crippen molar-refractivity contribution in [3.63, 3.8) is 0 Å².